The summed E-state index contributed by atoms with van der Waals surface area (Å²) in [6, 6.07) is 6.12. The molecule has 26 heavy (non-hydrogen) atoms. The Morgan fingerprint density at radius 2 is 1.88 bits per heavy atom. The van der Waals surface area contributed by atoms with Crippen molar-refractivity contribution in [3.05, 3.63) is 41.2 Å². The molecule has 0 bridgehead atoms. The van der Waals surface area contributed by atoms with Gasteiger partial charge in [-0.2, -0.15) is 0 Å². The van der Waals surface area contributed by atoms with Crippen LogP contribution in [-0.2, 0) is 12.8 Å². The second-order valence-electron chi connectivity index (χ2n) is 7.39. The van der Waals surface area contributed by atoms with Gasteiger partial charge in [0.05, 0.1) is 5.39 Å². The average molecular weight is 366 g/mol. The van der Waals surface area contributed by atoms with Crippen molar-refractivity contribution in [3.63, 3.8) is 0 Å². The van der Waals surface area contributed by atoms with Crippen molar-refractivity contribution in [2.24, 2.45) is 5.92 Å². The average Bonchev–Trinajstić information content (AvgIpc) is 3.07. The Bertz CT molecular complexity index is 915. The summed E-state index contributed by atoms with van der Waals surface area (Å²) in [5, 5.41) is 1.32. The first kappa shape index (κ1) is 16.0. The van der Waals surface area contributed by atoms with E-state index < -0.39 is 0 Å². The van der Waals surface area contributed by atoms with Crippen LogP contribution in [0.5, 0.6) is 0 Å². The minimum absolute atomic E-state index is 0.759. The van der Waals surface area contributed by atoms with Gasteiger partial charge in [0, 0.05) is 37.3 Å². The molecule has 134 valence electrons. The Hall–Kier alpha value is -2.21. The van der Waals surface area contributed by atoms with E-state index in [0.29, 0.717) is 0 Å². The zero-order valence-electron chi connectivity index (χ0n) is 15.1. The highest BCUT2D eigenvalue weighted by atomic mass is 32.1. The van der Waals surface area contributed by atoms with Gasteiger partial charge in [-0.05, 0) is 42.9 Å². The van der Waals surface area contributed by atoms with E-state index in [-0.39, 0.29) is 0 Å². The highest BCUT2D eigenvalue weighted by Crippen LogP contribution is 2.40. The van der Waals surface area contributed by atoms with Crippen molar-refractivity contribution in [1.82, 2.24) is 15.0 Å². The molecule has 1 atom stereocenters. The van der Waals surface area contributed by atoms with Crippen LogP contribution in [0.15, 0.2) is 30.7 Å². The summed E-state index contributed by atoms with van der Waals surface area (Å²) >= 11 is 1.88. The molecule has 0 N–H and O–H groups in total. The largest absolute Gasteiger partial charge is 0.353 e. The zero-order chi connectivity index (χ0) is 17.5. The molecular weight excluding hydrogens is 342 g/mol. The second kappa shape index (κ2) is 6.50. The molecule has 2 aliphatic rings. The molecule has 4 heterocycles. The van der Waals surface area contributed by atoms with E-state index in [1.165, 1.54) is 39.9 Å². The highest BCUT2D eigenvalue weighted by molar-refractivity contribution is 7.19. The molecule has 3 aromatic rings. The molecule has 5 rings (SSSR count). The van der Waals surface area contributed by atoms with Crippen LogP contribution in [0.3, 0.4) is 0 Å². The molecule has 0 aromatic carbocycles. The number of rotatable bonds is 2. The van der Waals surface area contributed by atoms with Crippen molar-refractivity contribution < 1.29 is 0 Å². The van der Waals surface area contributed by atoms with Gasteiger partial charge in [-0.15, -0.1) is 11.3 Å². The lowest BCUT2D eigenvalue weighted by atomic mass is 9.88. The van der Waals surface area contributed by atoms with E-state index in [0.717, 1.165) is 43.7 Å². The number of piperazine rings is 1. The van der Waals surface area contributed by atoms with Gasteiger partial charge in [0.1, 0.15) is 22.8 Å². The lowest BCUT2D eigenvalue weighted by Crippen LogP contribution is -2.47. The minimum atomic E-state index is 0.759. The summed E-state index contributed by atoms with van der Waals surface area (Å²) in [5.41, 5.74) is 1.52. The summed E-state index contributed by atoms with van der Waals surface area (Å²) < 4.78 is 0. The molecule has 1 aliphatic heterocycles. The first-order valence-corrected chi connectivity index (χ1v) is 10.3. The molecule has 6 heteroatoms. The van der Waals surface area contributed by atoms with Gasteiger partial charge in [0.25, 0.3) is 0 Å². The number of hydrogen-bond acceptors (Lipinski definition) is 6. The van der Waals surface area contributed by atoms with Crippen LogP contribution < -0.4 is 9.80 Å². The third-order valence-electron chi connectivity index (χ3n) is 5.62. The first-order chi connectivity index (χ1) is 12.8. The SMILES string of the molecule is CC1CCc2sc3ncnc(N4CCN(c5ccccn5)CC4)c3c2C1. The van der Waals surface area contributed by atoms with Crippen molar-refractivity contribution in [2.45, 2.75) is 26.2 Å². The van der Waals surface area contributed by atoms with Gasteiger partial charge in [-0.25, -0.2) is 15.0 Å². The Balaban J connectivity index is 1.44. The summed E-state index contributed by atoms with van der Waals surface area (Å²) in [5.74, 6) is 2.97. The number of nitrogens with zero attached hydrogens (tertiary/aromatic N) is 5. The quantitative estimate of drug-likeness (QED) is 0.695. The van der Waals surface area contributed by atoms with Crippen LogP contribution in [0.2, 0.25) is 0 Å². The summed E-state index contributed by atoms with van der Waals surface area (Å²) in [7, 11) is 0. The monoisotopic (exact) mass is 365 g/mol. The maximum atomic E-state index is 4.72. The predicted molar refractivity (Wildman–Crippen MR) is 107 cm³/mol. The maximum Gasteiger partial charge on any atom is 0.141 e. The van der Waals surface area contributed by atoms with Gasteiger partial charge >= 0.3 is 0 Å². The Morgan fingerprint density at radius 1 is 1.04 bits per heavy atom. The normalized spacial score (nSPS) is 20.4. The molecule has 0 radical (unpaired) electrons. The van der Waals surface area contributed by atoms with Gasteiger partial charge < -0.3 is 9.80 Å². The number of aryl methyl sites for hydroxylation is 1. The molecule has 1 aliphatic carbocycles. The summed E-state index contributed by atoms with van der Waals surface area (Å²) in [6.45, 7) is 6.27. The molecule has 0 amide bonds. The number of pyridine rings is 1. The van der Waals surface area contributed by atoms with E-state index in [2.05, 4.69) is 38.8 Å². The zero-order valence-corrected chi connectivity index (χ0v) is 15.9. The highest BCUT2D eigenvalue weighted by Gasteiger charge is 2.26. The van der Waals surface area contributed by atoms with Crippen molar-refractivity contribution >= 4 is 33.2 Å². The maximum absolute atomic E-state index is 4.72. The summed E-state index contributed by atoms with van der Waals surface area (Å²) in [4.78, 5) is 21.3. The second-order valence-corrected chi connectivity index (χ2v) is 8.47. The van der Waals surface area contributed by atoms with Crippen LogP contribution in [0.1, 0.15) is 23.8 Å². The van der Waals surface area contributed by atoms with Gasteiger partial charge in [-0.1, -0.05) is 13.0 Å². The smallest absolute Gasteiger partial charge is 0.141 e. The molecule has 1 unspecified atom stereocenters. The molecule has 1 saturated heterocycles. The third kappa shape index (κ3) is 2.72. The Labute approximate surface area is 157 Å². The third-order valence-corrected chi connectivity index (χ3v) is 6.82. The minimum Gasteiger partial charge on any atom is -0.353 e. The molecule has 1 fully saturated rings. The fourth-order valence-electron chi connectivity index (χ4n) is 4.19. The van der Waals surface area contributed by atoms with Gasteiger partial charge in [0.2, 0.25) is 0 Å². The standard InChI is InChI=1S/C20H23N5S/c1-14-5-6-16-15(12-14)18-19(22-13-23-20(18)26-16)25-10-8-24(9-11-25)17-4-2-3-7-21-17/h2-4,7,13-14H,5-6,8-12H2,1H3. The molecule has 3 aromatic heterocycles. The van der Waals surface area contributed by atoms with Crippen molar-refractivity contribution in [2.75, 3.05) is 36.0 Å². The van der Waals surface area contributed by atoms with Gasteiger partial charge in [-0.3, -0.25) is 0 Å². The number of fused-ring (bicyclic) bond motifs is 3. The van der Waals surface area contributed by atoms with E-state index in [1.807, 2.05) is 23.6 Å². The summed E-state index contributed by atoms with van der Waals surface area (Å²) in [6.07, 6.45) is 7.28. The molecule has 5 nitrogen and oxygen atoms in total. The number of thiophene rings is 1. The van der Waals surface area contributed by atoms with Crippen molar-refractivity contribution in [1.29, 1.82) is 0 Å². The molecule has 0 spiro atoms. The Kier molecular flexibility index (Phi) is 4.00. The van der Waals surface area contributed by atoms with Crippen LogP contribution in [0, 0.1) is 5.92 Å². The molecular formula is C20H23N5S. The number of aromatic nitrogens is 3. The first-order valence-electron chi connectivity index (χ1n) is 9.46. The van der Waals surface area contributed by atoms with Crippen molar-refractivity contribution in [3.8, 4) is 0 Å². The lowest BCUT2D eigenvalue weighted by molar-refractivity contribution is 0.508. The fraction of sp³-hybridized carbons (Fsp3) is 0.450. The Morgan fingerprint density at radius 3 is 2.69 bits per heavy atom. The van der Waals surface area contributed by atoms with Crippen LogP contribution in [0.4, 0.5) is 11.6 Å². The predicted octanol–water partition coefficient (Wildman–Crippen LogP) is 3.54. The number of hydrogen-bond donors (Lipinski definition) is 0. The van der Waals surface area contributed by atoms with E-state index >= 15 is 0 Å². The van der Waals surface area contributed by atoms with E-state index in [4.69, 9.17) is 4.98 Å². The van der Waals surface area contributed by atoms with Crippen LogP contribution in [-0.4, -0.2) is 41.1 Å². The fourth-order valence-corrected chi connectivity index (χ4v) is 5.37. The van der Waals surface area contributed by atoms with Crippen LogP contribution in [0.25, 0.3) is 10.2 Å². The molecule has 0 saturated carbocycles. The lowest BCUT2D eigenvalue weighted by Gasteiger charge is -2.36. The number of anilines is 2. The topological polar surface area (TPSA) is 45.2 Å². The van der Waals surface area contributed by atoms with E-state index in [1.54, 1.807) is 6.33 Å². The van der Waals surface area contributed by atoms with Crippen LogP contribution >= 0.6 is 11.3 Å². The van der Waals surface area contributed by atoms with Gasteiger partial charge in [0.15, 0.2) is 0 Å². The van der Waals surface area contributed by atoms with E-state index in [9.17, 15) is 0 Å².